The molecule has 0 saturated carbocycles. The van der Waals surface area contributed by atoms with Gasteiger partial charge in [-0.15, -0.1) is 5.10 Å². The number of unbranched alkanes of at least 4 members (excludes halogenated alkanes) is 2. The van der Waals surface area contributed by atoms with Crippen LogP contribution >= 0.6 is 23.4 Å². The molecule has 9 heteroatoms. The van der Waals surface area contributed by atoms with Gasteiger partial charge in [0, 0.05) is 16.5 Å². The lowest BCUT2D eigenvalue weighted by atomic mass is 10.1. The van der Waals surface area contributed by atoms with Crippen LogP contribution in [-0.4, -0.2) is 28.9 Å². The number of ether oxygens (including phenoxy) is 2. The second kappa shape index (κ2) is 11.9. The zero-order valence-corrected chi connectivity index (χ0v) is 22.9. The maximum absolute atomic E-state index is 13.3. The van der Waals surface area contributed by atoms with Crippen LogP contribution in [0.25, 0.3) is 5.70 Å². The van der Waals surface area contributed by atoms with Gasteiger partial charge in [0.05, 0.1) is 17.5 Å². The fourth-order valence-electron chi connectivity index (χ4n) is 4.39. The van der Waals surface area contributed by atoms with Gasteiger partial charge < -0.3 is 9.47 Å². The molecule has 1 amide bonds. The first kappa shape index (κ1) is 26.1. The van der Waals surface area contributed by atoms with Crippen LogP contribution in [-0.2, 0) is 11.4 Å². The molecule has 7 nitrogen and oxygen atoms in total. The van der Waals surface area contributed by atoms with E-state index in [1.165, 1.54) is 0 Å². The summed E-state index contributed by atoms with van der Waals surface area (Å²) in [6.07, 6.45) is 2.72. The Morgan fingerprint density at radius 1 is 1.08 bits per heavy atom. The van der Waals surface area contributed by atoms with E-state index in [2.05, 4.69) is 12.2 Å². The first-order valence-electron chi connectivity index (χ1n) is 12.6. The van der Waals surface area contributed by atoms with E-state index in [0.29, 0.717) is 39.4 Å². The Hall–Kier alpha value is -3.49. The average Bonchev–Trinajstić information content (AvgIpc) is 2.94. The number of benzene rings is 3. The highest BCUT2D eigenvalue weighted by molar-refractivity contribution is 8.13. The van der Waals surface area contributed by atoms with Crippen molar-refractivity contribution >= 4 is 40.1 Å². The smallest absolute Gasteiger partial charge is 0.276 e. The zero-order valence-electron chi connectivity index (χ0n) is 21.3. The van der Waals surface area contributed by atoms with Crippen molar-refractivity contribution in [2.24, 2.45) is 10.1 Å². The van der Waals surface area contributed by atoms with Gasteiger partial charge in [0.15, 0.2) is 22.8 Å². The van der Waals surface area contributed by atoms with Gasteiger partial charge in [-0.1, -0.05) is 91.7 Å². The molecule has 38 heavy (non-hydrogen) atoms. The zero-order chi connectivity index (χ0) is 26.5. The molecule has 0 radical (unpaired) electrons. The molecule has 3 aromatic rings. The number of hydrogen-bond acceptors (Lipinski definition) is 7. The summed E-state index contributed by atoms with van der Waals surface area (Å²) < 4.78 is 11.7. The van der Waals surface area contributed by atoms with Crippen molar-refractivity contribution in [3.05, 3.63) is 93.5 Å². The van der Waals surface area contributed by atoms with Crippen molar-refractivity contribution in [3.63, 3.8) is 0 Å². The van der Waals surface area contributed by atoms with E-state index >= 15 is 0 Å². The molecule has 0 bridgehead atoms. The van der Waals surface area contributed by atoms with Crippen molar-refractivity contribution in [1.29, 1.82) is 0 Å². The summed E-state index contributed by atoms with van der Waals surface area (Å²) in [5, 5.41) is 11.9. The van der Waals surface area contributed by atoms with E-state index < -0.39 is 6.17 Å². The van der Waals surface area contributed by atoms with Crippen molar-refractivity contribution in [1.82, 2.24) is 10.3 Å². The normalized spacial score (nSPS) is 16.1. The number of thioether (sulfide) groups is 1. The van der Waals surface area contributed by atoms with Crippen LogP contribution < -0.4 is 25.4 Å². The molecule has 0 aromatic heterocycles. The van der Waals surface area contributed by atoms with E-state index in [0.717, 1.165) is 41.4 Å². The lowest BCUT2D eigenvalue weighted by Gasteiger charge is -2.34. The molecule has 0 spiro atoms. The number of para-hydroxylation sites is 1. The van der Waals surface area contributed by atoms with E-state index in [-0.39, 0.29) is 5.91 Å². The number of hydrazone groups is 1. The summed E-state index contributed by atoms with van der Waals surface area (Å²) in [6, 6.07) is 21.1. The van der Waals surface area contributed by atoms with Gasteiger partial charge in [-0.3, -0.25) is 15.1 Å². The van der Waals surface area contributed by atoms with Crippen LogP contribution in [0, 0.1) is 0 Å². The third-order valence-corrected chi connectivity index (χ3v) is 7.51. The Bertz CT molecular complexity index is 1480. The van der Waals surface area contributed by atoms with Crippen LogP contribution in [0.4, 0.5) is 0 Å². The Morgan fingerprint density at radius 3 is 2.66 bits per heavy atom. The van der Waals surface area contributed by atoms with Crippen LogP contribution in [0.2, 0.25) is 5.02 Å². The Balaban J connectivity index is 1.52. The third-order valence-electron chi connectivity index (χ3n) is 6.28. The number of carbonyl (C=O) groups excluding carboxylic acids is 1. The second-order valence-corrected chi connectivity index (χ2v) is 10.4. The van der Waals surface area contributed by atoms with Gasteiger partial charge in [0.2, 0.25) is 0 Å². The van der Waals surface area contributed by atoms with Crippen LogP contribution in [0.3, 0.4) is 0 Å². The maximum atomic E-state index is 13.3. The predicted octanol–water partition coefficient (Wildman–Crippen LogP) is 4.99. The molecule has 0 fully saturated rings. The van der Waals surface area contributed by atoms with Gasteiger partial charge in [-0.05, 0) is 30.2 Å². The number of methoxy groups -OCH3 is 1. The molecule has 3 aromatic carbocycles. The number of halogens is 1. The number of hydrogen-bond donors (Lipinski definition) is 1. The number of amides is 1. The van der Waals surface area contributed by atoms with E-state index in [9.17, 15) is 4.79 Å². The van der Waals surface area contributed by atoms with Crippen LogP contribution in [0.15, 0.2) is 76.8 Å². The quantitative estimate of drug-likeness (QED) is 0.381. The molecule has 0 saturated heterocycles. The van der Waals surface area contributed by atoms with Crippen molar-refractivity contribution in [3.8, 4) is 11.5 Å². The summed E-state index contributed by atoms with van der Waals surface area (Å²) in [4.78, 5) is 18.3. The fourth-order valence-corrected chi connectivity index (χ4v) is 5.52. The minimum atomic E-state index is -0.605. The number of rotatable bonds is 9. The fraction of sp³-hybridized carbons (Fsp3) is 0.276. The van der Waals surface area contributed by atoms with Gasteiger partial charge in [0.1, 0.15) is 12.3 Å². The summed E-state index contributed by atoms with van der Waals surface area (Å²) >= 11 is 8.28. The standard InChI is InChI=1S/C29H29ClN4O3S/c1-3-4-10-15-38-29-32-28(35)25-21-13-8-9-14-23(21)31-27(34(25)33-29)20-16-22(30)26(24(17-20)36-2)37-18-19-11-6-5-7-12-19/h5-9,11-14,16-17,27H,3-4,10,15,18H2,1-2H3,(H,32,33,35)/t27-/m0/s1. The molecule has 2 aliphatic rings. The SMILES string of the molecule is CCCCCSC1=NN2C(=c3ccccc3=N[C@@H]2c2cc(Cl)c(OCc3ccccc3)c(OC)c2)C(=O)N1. The molecule has 5 rings (SSSR count). The summed E-state index contributed by atoms with van der Waals surface area (Å²) in [5.41, 5.74) is 2.21. The third kappa shape index (κ3) is 5.51. The molecule has 1 atom stereocenters. The lowest BCUT2D eigenvalue weighted by molar-refractivity contribution is -0.116. The minimum Gasteiger partial charge on any atom is -0.493 e. The number of amidine groups is 1. The summed E-state index contributed by atoms with van der Waals surface area (Å²) in [6.45, 7) is 2.52. The van der Waals surface area contributed by atoms with Crippen molar-refractivity contribution < 1.29 is 14.3 Å². The minimum absolute atomic E-state index is 0.203. The molecule has 196 valence electrons. The molecular formula is C29H29ClN4O3S. The number of nitrogens with zero attached hydrogens (tertiary/aromatic N) is 3. The molecule has 2 aliphatic heterocycles. The molecule has 0 aliphatic carbocycles. The Morgan fingerprint density at radius 2 is 1.87 bits per heavy atom. The van der Waals surface area contributed by atoms with Gasteiger partial charge in [-0.25, -0.2) is 5.01 Å². The first-order valence-corrected chi connectivity index (χ1v) is 14.0. The molecule has 2 heterocycles. The van der Waals surface area contributed by atoms with Gasteiger partial charge >= 0.3 is 0 Å². The lowest BCUT2D eigenvalue weighted by Crippen LogP contribution is -2.50. The van der Waals surface area contributed by atoms with E-state index in [1.807, 2.05) is 60.7 Å². The van der Waals surface area contributed by atoms with Crippen molar-refractivity contribution in [2.45, 2.75) is 39.0 Å². The highest BCUT2D eigenvalue weighted by Gasteiger charge is 2.35. The highest BCUT2D eigenvalue weighted by atomic mass is 35.5. The highest BCUT2D eigenvalue weighted by Crippen LogP contribution is 2.41. The van der Waals surface area contributed by atoms with Gasteiger partial charge in [0.25, 0.3) is 5.91 Å². The topological polar surface area (TPSA) is 75.5 Å². The monoisotopic (exact) mass is 548 g/mol. The average molecular weight is 549 g/mol. The number of nitrogens with one attached hydrogen (secondary N) is 1. The van der Waals surface area contributed by atoms with E-state index in [1.54, 1.807) is 29.9 Å². The Kier molecular flexibility index (Phi) is 8.20. The van der Waals surface area contributed by atoms with Crippen molar-refractivity contribution in [2.75, 3.05) is 12.9 Å². The van der Waals surface area contributed by atoms with E-state index in [4.69, 9.17) is 31.2 Å². The predicted molar refractivity (Wildman–Crippen MR) is 152 cm³/mol. The van der Waals surface area contributed by atoms with Gasteiger partial charge in [-0.2, -0.15) is 0 Å². The molecule has 0 unspecified atom stereocenters. The largest absolute Gasteiger partial charge is 0.493 e. The summed E-state index contributed by atoms with van der Waals surface area (Å²) in [7, 11) is 1.58. The van der Waals surface area contributed by atoms with Crippen LogP contribution in [0.1, 0.15) is 43.5 Å². The summed E-state index contributed by atoms with van der Waals surface area (Å²) in [5.74, 6) is 1.61. The Labute approximate surface area is 231 Å². The number of carbonyl (C=O) groups is 1. The maximum Gasteiger partial charge on any atom is 0.276 e. The first-order chi connectivity index (χ1) is 18.6. The second-order valence-electron chi connectivity index (χ2n) is 8.94. The molecule has 1 N–H and O–H groups in total. The molecular weight excluding hydrogens is 520 g/mol. The van der Waals surface area contributed by atoms with Crippen LogP contribution in [0.5, 0.6) is 11.5 Å². The number of fused-ring (bicyclic) bond motifs is 2.